The number of hydrogen-bond donors (Lipinski definition) is 2. The fraction of sp³-hybridized carbons (Fsp3) is 0.800. The van der Waals surface area contributed by atoms with Crippen LogP contribution in [0, 0.1) is 0 Å². The molecule has 21 heavy (non-hydrogen) atoms. The Bertz CT molecular complexity index is 399. The van der Waals surface area contributed by atoms with Crippen molar-refractivity contribution in [2.75, 3.05) is 19.6 Å². The standard InChI is InChI=1S/C15H30N6/c1-4-7-8-9-10-17-15(16-6-3)18-11-12-21-13-19-20-14(21)5-2/h13H,4-12H2,1-3H3,(H2,16,17,18). The lowest BCUT2D eigenvalue weighted by Gasteiger charge is -2.12. The highest BCUT2D eigenvalue weighted by Crippen LogP contribution is 1.98. The molecule has 0 spiro atoms. The van der Waals surface area contributed by atoms with Crippen LogP contribution in [0.4, 0.5) is 0 Å². The van der Waals surface area contributed by atoms with Crippen molar-refractivity contribution in [3.8, 4) is 0 Å². The molecule has 1 heterocycles. The summed E-state index contributed by atoms with van der Waals surface area (Å²) < 4.78 is 2.08. The second-order valence-corrected chi connectivity index (χ2v) is 5.04. The van der Waals surface area contributed by atoms with Gasteiger partial charge in [-0.25, -0.2) is 0 Å². The molecule has 0 aromatic carbocycles. The summed E-state index contributed by atoms with van der Waals surface area (Å²) in [6.07, 6.45) is 7.68. The van der Waals surface area contributed by atoms with E-state index < -0.39 is 0 Å². The Morgan fingerprint density at radius 1 is 1.19 bits per heavy atom. The van der Waals surface area contributed by atoms with Gasteiger partial charge in [-0.05, 0) is 13.3 Å². The minimum atomic E-state index is 0.825. The molecule has 0 aliphatic heterocycles. The number of aromatic nitrogens is 3. The van der Waals surface area contributed by atoms with Gasteiger partial charge >= 0.3 is 0 Å². The summed E-state index contributed by atoms with van der Waals surface area (Å²) >= 11 is 0. The van der Waals surface area contributed by atoms with Crippen LogP contribution in [0.15, 0.2) is 11.3 Å². The molecular weight excluding hydrogens is 264 g/mol. The van der Waals surface area contributed by atoms with Gasteiger partial charge in [0, 0.05) is 32.6 Å². The Morgan fingerprint density at radius 3 is 2.76 bits per heavy atom. The summed E-state index contributed by atoms with van der Waals surface area (Å²) in [5, 5.41) is 14.7. The first-order valence-corrected chi connectivity index (χ1v) is 8.20. The van der Waals surface area contributed by atoms with E-state index in [0.29, 0.717) is 0 Å². The quantitative estimate of drug-likeness (QED) is 0.393. The molecule has 6 heteroatoms. The molecule has 1 aromatic rings. The van der Waals surface area contributed by atoms with Crippen LogP contribution in [-0.4, -0.2) is 40.4 Å². The number of unbranched alkanes of at least 4 members (excludes halogenated alkanes) is 3. The summed E-state index contributed by atoms with van der Waals surface area (Å²) in [7, 11) is 0. The maximum Gasteiger partial charge on any atom is 0.191 e. The Hall–Kier alpha value is -1.59. The van der Waals surface area contributed by atoms with Gasteiger partial charge in [0.05, 0.1) is 0 Å². The first kappa shape index (κ1) is 17.5. The molecule has 1 aromatic heterocycles. The molecule has 0 fully saturated rings. The van der Waals surface area contributed by atoms with Crippen molar-refractivity contribution < 1.29 is 0 Å². The molecule has 0 saturated carbocycles. The summed E-state index contributed by atoms with van der Waals surface area (Å²) in [6, 6.07) is 0. The third-order valence-electron chi connectivity index (χ3n) is 3.28. The van der Waals surface area contributed by atoms with Crippen LogP contribution in [-0.2, 0) is 13.0 Å². The SMILES string of the molecule is CCCCCCN=C(NCC)NCCn1cnnc1CC. The third kappa shape index (κ3) is 7.11. The average Bonchev–Trinajstić information content (AvgIpc) is 2.94. The smallest absolute Gasteiger partial charge is 0.191 e. The van der Waals surface area contributed by atoms with Crippen molar-refractivity contribution in [2.45, 2.75) is 59.4 Å². The van der Waals surface area contributed by atoms with Crippen molar-refractivity contribution in [1.82, 2.24) is 25.4 Å². The Balaban J connectivity index is 2.31. The monoisotopic (exact) mass is 294 g/mol. The van der Waals surface area contributed by atoms with Crippen molar-refractivity contribution in [3.05, 3.63) is 12.2 Å². The van der Waals surface area contributed by atoms with Crippen molar-refractivity contribution in [3.63, 3.8) is 0 Å². The molecule has 0 radical (unpaired) electrons. The number of aliphatic imine (C=N–C) groups is 1. The van der Waals surface area contributed by atoms with Crippen LogP contribution >= 0.6 is 0 Å². The van der Waals surface area contributed by atoms with Gasteiger partial charge in [0.2, 0.25) is 0 Å². The second-order valence-electron chi connectivity index (χ2n) is 5.04. The lowest BCUT2D eigenvalue weighted by molar-refractivity contribution is 0.629. The van der Waals surface area contributed by atoms with Crippen LogP contribution in [0.2, 0.25) is 0 Å². The van der Waals surface area contributed by atoms with Gasteiger partial charge in [0.15, 0.2) is 5.96 Å². The van der Waals surface area contributed by atoms with E-state index in [1.54, 1.807) is 6.33 Å². The molecule has 120 valence electrons. The van der Waals surface area contributed by atoms with E-state index in [1.807, 2.05) is 0 Å². The van der Waals surface area contributed by atoms with Gasteiger partial charge in [0.1, 0.15) is 12.2 Å². The van der Waals surface area contributed by atoms with Gasteiger partial charge in [0.25, 0.3) is 0 Å². The minimum Gasteiger partial charge on any atom is -0.357 e. The minimum absolute atomic E-state index is 0.825. The fourth-order valence-corrected chi connectivity index (χ4v) is 2.11. The highest BCUT2D eigenvalue weighted by atomic mass is 15.3. The second kappa shape index (κ2) is 11.1. The summed E-state index contributed by atoms with van der Waals surface area (Å²) in [4.78, 5) is 4.60. The predicted molar refractivity (Wildman–Crippen MR) is 87.5 cm³/mol. The maximum atomic E-state index is 4.60. The third-order valence-corrected chi connectivity index (χ3v) is 3.28. The first-order chi connectivity index (χ1) is 10.3. The van der Waals surface area contributed by atoms with Gasteiger partial charge < -0.3 is 15.2 Å². The van der Waals surface area contributed by atoms with Gasteiger partial charge in [-0.15, -0.1) is 10.2 Å². The van der Waals surface area contributed by atoms with E-state index in [2.05, 4.69) is 51.2 Å². The van der Waals surface area contributed by atoms with Crippen molar-refractivity contribution >= 4 is 5.96 Å². The Kier molecular flexibility index (Phi) is 9.24. The lowest BCUT2D eigenvalue weighted by Crippen LogP contribution is -2.39. The fourth-order valence-electron chi connectivity index (χ4n) is 2.11. The zero-order valence-electron chi connectivity index (χ0n) is 13.7. The van der Waals surface area contributed by atoms with E-state index in [-0.39, 0.29) is 0 Å². The summed E-state index contributed by atoms with van der Waals surface area (Å²) in [5.74, 6) is 1.93. The maximum absolute atomic E-state index is 4.60. The average molecular weight is 294 g/mol. The Labute approximate surface area is 128 Å². The van der Waals surface area contributed by atoms with Crippen molar-refractivity contribution in [1.29, 1.82) is 0 Å². The van der Waals surface area contributed by atoms with Gasteiger partial charge in [-0.2, -0.15) is 0 Å². The van der Waals surface area contributed by atoms with Crippen LogP contribution in [0.1, 0.15) is 52.3 Å². The molecular formula is C15H30N6. The zero-order chi connectivity index (χ0) is 15.3. The number of nitrogens with zero attached hydrogens (tertiary/aromatic N) is 4. The summed E-state index contributed by atoms with van der Waals surface area (Å²) in [5.41, 5.74) is 0. The van der Waals surface area contributed by atoms with E-state index >= 15 is 0 Å². The zero-order valence-corrected chi connectivity index (χ0v) is 13.7. The molecule has 0 aliphatic carbocycles. The highest BCUT2D eigenvalue weighted by molar-refractivity contribution is 5.79. The van der Waals surface area contributed by atoms with Crippen LogP contribution in [0.3, 0.4) is 0 Å². The summed E-state index contributed by atoms with van der Waals surface area (Å²) in [6.45, 7) is 9.86. The molecule has 0 amide bonds. The lowest BCUT2D eigenvalue weighted by atomic mass is 10.2. The molecule has 0 bridgehead atoms. The first-order valence-electron chi connectivity index (χ1n) is 8.20. The topological polar surface area (TPSA) is 67.1 Å². The normalized spacial score (nSPS) is 11.7. The highest BCUT2D eigenvalue weighted by Gasteiger charge is 2.02. The van der Waals surface area contributed by atoms with E-state index in [1.165, 1.54) is 19.3 Å². The van der Waals surface area contributed by atoms with Crippen LogP contribution in [0.25, 0.3) is 0 Å². The van der Waals surface area contributed by atoms with Crippen LogP contribution in [0.5, 0.6) is 0 Å². The van der Waals surface area contributed by atoms with Gasteiger partial charge in [-0.3, -0.25) is 4.99 Å². The van der Waals surface area contributed by atoms with E-state index in [4.69, 9.17) is 0 Å². The number of nitrogens with one attached hydrogen (secondary N) is 2. The molecule has 2 N–H and O–H groups in total. The van der Waals surface area contributed by atoms with Crippen molar-refractivity contribution in [2.24, 2.45) is 4.99 Å². The Morgan fingerprint density at radius 2 is 2.05 bits per heavy atom. The number of aryl methyl sites for hydroxylation is 1. The number of guanidine groups is 1. The largest absolute Gasteiger partial charge is 0.357 e. The molecule has 0 aliphatic rings. The molecule has 0 unspecified atom stereocenters. The molecule has 6 nitrogen and oxygen atoms in total. The van der Waals surface area contributed by atoms with Crippen LogP contribution < -0.4 is 10.6 Å². The van der Waals surface area contributed by atoms with E-state index in [9.17, 15) is 0 Å². The molecule has 0 atom stereocenters. The predicted octanol–water partition coefficient (Wildman–Crippen LogP) is 1.98. The number of rotatable bonds is 10. The van der Waals surface area contributed by atoms with E-state index in [0.717, 1.165) is 50.8 Å². The van der Waals surface area contributed by atoms with Gasteiger partial charge in [-0.1, -0.05) is 33.1 Å². The number of hydrogen-bond acceptors (Lipinski definition) is 3. The molecule has 0 saturated heterocycles. The molecule has 1 rings (SSSR count).